The van der Waals surface area contributed by atoms with Crippen LogP contribution in [0.5, 0.6) is 0 Å². The smallest absolute Gasteiger partial charge is 0.169 e. The van der Waals surface area contributed by atoms with Crippen LogP contribution < -0.4 is 0 Å². The Bertz CT molecular complexity index is 390. The molecule has 0 bridgehead atoms. The minimum Gasteiger partial charge on any atom is -0.294 e. The molecule has 0 aliphatic heterocycles. The van der Waals surface area contributed by atoms with E-state index in [-0.39, 0.29) is 0 Å². The highest BCUT2D eigenvalue weighted by Crippen LogP contribution is 2.28. The average molecular weight is 218 g/mol. The number of Topliss-reactive ketones (excluding diaryl/α,β-unsaturated/α-hetero) is 1. The summed E-state index contributed by atoms with van der Waals surface area (Å²) < 4.78 is 0. The van der Waals surface area contributed by atoms with Crippen molar-refractivity contribution in [3.8, 4) is 0 Å². The van der Waals surface area contributed by atoms with E-state index in [1.165, 1.54) is 11.1 Å². The number of rotatable bonds is 3. The van der Waals surface area contributed by atoms with Crippen molar-refractivity contribution in [3.63, 3.8) is 0 Å². The van der Waals surface area contributed by atoms with Gasteiger partial charge in [0.05, 0.1) is 0 Å². The van der Waals surface area contributed by atoms with Gasteiger partial charge < -0.3 is 0 Å². The van der Waals surface area contributed by atoms with Gasteiger partial charge in [0, 0.05) is 17.1 Å². The fraction of sp³-hybridized carbons (Fsp3) is 0.308. The van der Waals surface area contributed by atoms with Crippen LogP contribution in [0.1, 0.15) is 24.0 Å². The summed E-state index contributed by atoms with van der Waals surface area (Å²) in [4.78, 5) is 12.3. The number of hydrogen-bond donors (Lipinski definition) is 0. The van der Waals surface area contributed by atoms with Crippen molar-refractivity contribution in [2.24, 2.45) is 0 Å². The Labute approximate surface area is 94.6 Å². The van der Waals surface area contributed by atoms with Gasteiger partial charge in [0.25, 0.3) is 0 Å². The van der Waals surface area contributed by atoms with E-state index >= 15 is 0 Å². The lowest BCUT2D eigenvalue weighted by Gasteiger charge is -2.02. The maximum absolute atomic E-state index is 11.4. The third-order valence-corrected chi connectivity index (χ3v) is 3.67. The Morgan fingerprint density at radius 3 is 2.60 bits per heavy atom. The molecule has 0 amide bonds. The highest BCUT2D eigenvalue weighted by atomic mass is 32.2. The lowest BCUT2D eigenvalue weighted by molar-refractivity contribution is -0.114. The van der Waals surface area contributed by atoms with Crippen LogP contribution in [0.15, 0.2) is 35.2 Å². The Balaban J connectivity index is 1.93. The highest BCUT2D eigenvalue weighted by Gasteiger charge is 2.14. The molecule has 2 rings (SSSR count). The molecule has 0 spiro atoms. The molecule has 1 aliphatic rings. The number of allylic oxidation sites excluding steroid dienone is 2. The van der Waals surface area contributed by atoms with Crippen LogP contribution in [0.4, 0.5) is 0 Å². The maximum atomic E-state index is 11.4. The first-order valence-electron chi connectivity index (χ1n) is 5.17. The number of hydrogen-bond acceptors (Lipinski definition) is 2. The summed E-state index contributed by atoms with van der Waals surface area (Å²) in [5.74, 6) is 1.21. The van der Waals surface area contributed by atoms with Crippen LogP contribution in [0.3, 0.4) is 0 Å². The summed E-state index contributed by atoms with van der Waals surface area (Å²) >= 11 is 1.66. The van der Waals surface area contributed by atoms with Crippen molar-refractivity contribution >= 4 is 17.5 Å². The van der Waals surface area contributed by atoms with E-state index < -0.39 is 0 Å². The van der Waals surface area contributed by atoms with E-state index in [9.17, 15) is 4.79 Å². The molecule has 1 aliphatic carbocycles. The van der Waals surface area contributed by atoms with E-state index in [2.05, 4.69) is 37.3 Å². The molecule has 2 heteroatoms. The van der Waals surface area contributed by atoms with Gasteiger partial charge in [0.15, 0.2) is 5.78 Å². The molecule has 1 aromatic rings. The molecule has 0 atom stereocenters. The van der Waals surface area contributed by atoms with E-state index in [0.29, 0.717) is 12.2 Å². The second-order valence-electron chi connectivity index (χ2n) is 3.80. The second kappa shape index (κ2) is 4.67. The van der Waals surface area contributed by atoms with Gasteiger partial charge in [-0.15, -0.1) is 11.8 Å². The number of ketones is 1. The van der Waals surface area contributed by atoms with Gasteiger partial charge in [0.1, 0.15) is 0 Å². The Morgan fingerprint density at radius 2 is 2.00 bits per heavy atom. The summed E-state index contributed by atoms with van der Waals surface area (Å²) in [5, 5.41) is 0. The van der Waals surface area contributed by atoms with E-state index in [0.717, 1.165) is 17.1 Å². The molecular formula is C13H14OS. The summed E-state index contributed by atoms with van der Waals surface area (Å²) in [5.41, 5.74) is 2.56. The number of aryl methyl sites for hydroxylation is 1. The first kappa shape index (κ1) is 10.5. The van der Waals surface area contributed by atoms with Gasteiger partial charge in [0.2, 0.25) is 0 Å². The molecule has 0 radical (unpaired) electrons. The summed E-state index contributed by atoms with van der Waals surface area (Å²) in [6.07, 6.45) is 3.69. The third kappa shape index (κ3) is 2.72. The Hall–Kier alpha value is -1.02. The topological polar surface area (TPSA) is 17.1 Å². The minimum absolute atomic E-state index is 0.312. The molecule has 0 N–H and O–H groups in total. The van der Waals surface area contributed by atoms with Crippen LogP contribution >= 0.6 is 11.8 Å². The number of carbonyl (C=O) groups excluding carboxylic acids is 1. The first-order valence-corrected chi connectivity index (χ1v) is 6.16. The van der Waals surface area contributed by atoms with Gasteiger partial charge in [-0.2, -0.15) is 0 Å². The largest absolute Gasteiger partial charge is 0.294 e. The quantitative estimate of drug-likeness (QED) is 0.772. The Morgan fingerprint density at radius 1 is 1.27 bits per heavy atom. The van der Waals surface area contributed by atoms with Gasteiger partial charge >= 0.3 is 0 Å². The molecule has 0 aromatic heterocycles. The summed E-state index contributed by atoms with van der Waals surface area (Å²) in [7, 11) is 0. The number of thioether (sulfide) groups is 1. The molecule has 1 aromatic carbocycles. The zero-order chi connectivity index (χ0) is 10.7. The van der Waals surface area contributed by atoms with Gasteiger partial charge in [-0.1, -0.05) is 35.9 Å². The molecular weight excluding hydrogens is 204 g/mol. The van der Waals surface area contributed by atoms with Gasteiger partial charge in [-0.3, -0.25) is 4.79 Å². The summed E-state index contributed by atoms with van der Waals surface area (Å²) in [6.45, 7) is 2.08. The van der Waals surface area contributed by atoms with E-state index in [4.69, 9.17) is 0 Å². The zero-order valence-electron chi connectivity index (χ0n) is 8.82. The van der Waals surface area contributed by atoms with Crippen molar-refractivity contribution in [1.29, 1.82) is 0 Å². The molecule has 0 heterocycles. The molecule has 0 saturated heterocycles. The highest BCUT2D eigenvalue weighted by molar-refractivity contribution is 8.03. The average Bonchev–Trinajstić information content (AvgIpc) is 2.63. The molecule has 15 heavy (non-hydrogen) atoms. The maximum Gasteiger partial charge on any atom is 0.169 e. The van der Waals surface area contributed by atoms with Gasteiger partial charge in [-0.05, 0) is 18.9 Å². The lowest BCUT2D eigenvalue weighted by atomic mass is 10.2. The Kier molecular flexibility index (Phi) is 3.27. The normalized spacial score (nSPS) is 15.5. The molecule has 1 nitrogen and oxygen atoms in total. The first-order chi connectivity index (χ1) is 7.25. The molecule has 78 valence electrons. The van der Waals surface area contributed by atoms with Crippen molar-refractivity contribution < 1.29 is 4.79 Å². The molecule has 0 fully saturated rings. The number of benzene rings is 1. The van der Waals surface area contributed by atoms with Gasteiger partial charge in [-0.25, -0.2) is 0 Å². The SMILES string of the molecule is Cc1ccc(CSC2=CCCC2=O)cc1. The zero-order valence-corrected chi connectivity index (χ0v) is 9.64. The predicted octanol–water partition coefficient (Wildman–Crippen LogP) is 3.48. The molecule has 0 unspecified atom stereocenters. The van der Waals surface area contributed by atoms with E-state index in [1.54, 1.807) is 11.8 Å². The van der Waals surface area contributed by atoms with Crippen LogP contribution in [0.2, 0.25) is 0 Å². The fourth-order valence-corrected chi connectivity index (χ4v) is 2.57. The fourth-order valence-electron chi connectivity index (χ4n) is 1.56. The number of carbonyl (C=O) groups is 1. The second-order valence-corrected chi connectivity index (χ2v) is 4.82. The van der Waals surface area contributed by atoms with Crippen molar-refractivity contribution in [2.45, 2.75) is 25.5 Å². The van der Waals surface area contributed by atoms with Crippen molar-refractivity contribution in [2.75, 3.05) is 0 Å². The predicted molar refractivity (Wildman–Crippen MR) is 64.8 cm³/mol. The van der Waals surface area contributed by atoms with Crippen molar-refractivity contribution in [1.82, 2.24) is 0 Å². The standard InChI is InChI=1S/C13H14OS/c1-10-5-7-11(8-6-10)9-15-13-4-2-3-12(13)14/h4-8H,2-3,9H2,1H3. The van der Waals surface area contributed by atoms with Crippen LogP contribution in [0.25, 0.3) is 0 Å². The van der Waals surface area contributed by atoms with Crippen molar-refractivity contribution in [3.05, 3.63) is 46.4 Å². The third-order valence-electron chi connectivity index (χ3n) is 2.49. The van der Waals surface area contributed by atoms with E-state index in [1.807, 2.05) is 0 Å². The van der Waals surface area contributed by atoms with Crippen LogP contribution in [-0.4, -0.2) is 5.78 Å². The summed E-state index contributed by atoms with van der Waals surface area (Å²) in [6, 6.07) is 8.48. The van der Waals surface area contributed by atoms with Crippen LogP contribution in [-0.2, 0) is 10.5 Å². The lowest BCUT2D eigenvalue weighted by Crippen LogP contribution is -1.92. The minimum atomic E-state index is 0.312. The molecule has 0 saturated carbocycles. The van der Waals surface area contributed by atoms with Crippen LogP contribution in [0, 0.1) is 6.92 Å². The monoisotopic (exact) mass is 218 g/mol.